The van der Waals surface area contributed by atoms with Crippen molar-refractivity contribution < 1.29 is 17.6 Å². The van der Waals surface area contributed by atoms with Gasteiger partial charge in [0.15, 0.2) is 0 Å². The van der Waals surface area contributed by atoms with Gasteiger partial charge in [0.2, 0.25) is 0 Å². The van der Waals surface area contributed by atoms with Crippen molar-refractivity contribution in [2.75, 3.05) is 0 Å². The molecule has 1 aromatic heterocycles. The number of aromatic nitrogens is 2. The molecule has 0 fully saturated rings. The fourth-order valence-corrected chi connectivity index (χ4v) is 1.32. The van der Waals surface area contributed by atoms with Crippen molar-refractivity contribution in [3.05, 3.63) is 53.1 Å². The number of benzene rings is 1. The smallest absolute Gasteiger partial charge is 0.273 e. The molecular formula is C12H8F4N2. The van der Waals surface area contributed by atoms with Gasteiger partial charge in [0.25, 0.3) is 0 Å². The van der Waals surface area contributed by atoms with Gasteiger partial charge in [-0.05, 0) is 29.8 Å². The number of nitrogens with zero attached hydrogens (tertiary/aromatic N) is 1. The van der Waals surface area contributed by atoms with Crippen LogP contribution in [0.4, 0.5) is 17.6 Å². The Hall–Kier alpha value is -2.11. The molecule has 1 N–H and O–H groups in total. The monoisotopic (exact) mass is 256 g/mol. The summed E-state index contributed by atoms with van der Waals surface area (Å²) in [5, 5.41) is 5.41. The van der Waals surface area contributed by atoms with Crippen LogP contribution in [0.3, 0.4) is 0 Å². The average molecular weight is 256 g/mol. The third kappa shape index (κ3) is 2.97. The SMILES string of the molecule is Fc1ccc(/C=C/c2cc(C(F)(F)F)[nH]n2)cc1. The number of H-pyrrole nitrogens is 1. The zero-order valence-electron chi connectivity index (χ0n) is 9.00. The summed E-state index contributed by atoms with van der Waals surface area (Å²) in [6.45, 7) is 0. The molecule has 0 saturated heterocycles. The largest absolute Gasteiger partial charge is 0.432 e. The van der Waals surface area contributed by atoms with Crippen LogP contribution in [-0.4, -0.2) is 10.2 Å². The molecule has 0 bridgehead atoms. The number of rotatable bonds is 2. The highest BCUT2D eigenvalue weighted by atomic mass is 19.4. The fourth-order valence-electron chi connectivity index (χ4n) is 1.32. The van der Waals surface area contributed by atoms with Crippen LogP contribution in [-0.2, 0) is 6.18 Å². The molecule has 0 aliphatic carbocycles. The molecule has 0 amide bonds. The van der Waals surface area contributed by atoms with Crippen molar-refractivity contribution in [2.24, 2.45) is 0 Å². The van der Waals surface area contributed by atoms with Gasteiger partial charge < -0.3 is 0 Å². The number of aromatic amines is 1. The number of hydrogen-bond donors (Lipinski definition) is 1. The van der Waals surface area contributed by atoms with Crippen molar-refractivity contribution in [1.29, 1.82) is 0 Å². The summed E-state index contributed by atoms with van der Waals surface area (Å²) in [5.74, 6) is -0.369. The highest BCUT2D eigenvalue weighted by Crippen LogP contribution is 2.27. The number of nitrogens with one attached hydrogen (secondary N) is 1. The Kier molecular flexibility index (Phi) is 3.18. The first kappa shape index (κ1) is 12.3. The summed E-state index contributed by atoms with van der Waals surface area (Å²) in [6, 6.07) is 6.48. The molecule has 0 atom stereocenters. The van der Waals surface area contributed by atoms with Crippen LogP contribution in [0, 0.1) is 5.82 Å². The highest BCUT2D eigenvalue weighted by molar-refractivity contribution is 5.67. The normalized spacial score (nSPS) is 12.2. The summed E-state index contributed by atoms with van der Waals surface area (Å²) in [7, 11) is 0. The lowest BCUT2D eigenvalue weighted by Gasteiger charge is -1.99. The minimum absolute atomic E-state index is 0.159. The highest BCUT2D eigenvalue weighted by Gasteiger charge is 2.32. The maximum absolute atomic E-state index is 12.6. The summed E-state index contributed by atoms with van der Waals surface area (Å²) in [5.41, 5.74) is -0.0686. The van der Waals surface area contributed by atoms with E-state index in [1.807, 2.05) is 5.10 Å². The van der Waals surface area contributed by atoms with Gasteiger partial charge in [0.05, 0.1) is 5.69 Å². The first-order valence-electron chi connectivity index (χ1n) is 5.01. The molecule has 0 unspecified atom stereocenters. The predicted octanol–water partition coefficient (Wildman–Crippen LogP) is 3.74. The third-order valence-electron chi connectivity index (χ3n) is 2.22. The van der Waals surface area contributed by atoms with Crippen LogP contribution in [0.1, 0.15) is 17.0 Å². The lowest BCUT2D eigenvalue weighted by atomic mass is 10.2. The van der Waals surface area contributed by atoms with E-state index < -0.39 is 11.9 Å². The van der Waals surface area contributed by atoms with E-state index in [-0.39, 0.29) is 11.5 Å². The van der Waals surface area contributed by atoms with Crippen molar-refractivity contribution in [3.8, 4) is 0 Å². The molecule has 0 radical (unpaired) electrons. The van der Waals surface area contributed by atoms with Gasteiger partial charge in [-0.15, -0.1) is 0 Å². The molecule has 94 valence electrons. The van der Waals surface area contributed by atoms with E-state index in [9.17, 15) is 17.6 Å². The molecule has 2 nitrogen and oxygen atoms in total. The lowest BCUT2D eigenvalue weighted by molar-refractivity contribution is -0.141. The molecular weight excluding hydrogens is 248 g/mol. The quantitative estimate of drug-likeness (QED) is 0.815. The summed E-state index contributed by atoms with van der Waals surface area (Å²) in [6.07, 6.45) is -1.47. The topological polar surface area (TPSA) is 28.7 Å². The molecule has 6 heteroatoms. The van der Waals surface area contributed by atoms with Gasteiger partial charge in [0.1, 0.15) is 11.5 Å². The predicted molar refractivity (Wildman–Crippen MR) is 58.9 cm³/mol. The van der Waals surface area contributed by atoms with E-state index >= 15 is 0 Å². The molecule has 0 saturated carbocycles. The van der Waals surface area contributed by atoms with Crippen molar-refractivity contribution in [1.82, 2.24) is 10.2 Å². The Morgan fingerprint density at radius 2 is 1.72 bits per heavy atom. The Labute approximate surface area is 100.0 Å². The van der Waals surface area contributed by atoms with Gasteiger partial charge in [-0.3, -0.25) is 5.10 Å². The Morgan fingerprint density at radius 3 is 2.28 bits per heavy atom. The van der Waals surface area contributed by atoms with E-state index in [0.717, 1.165) is 6.07 Å². The Balaban J connectivity index is 2.14. The average Bonchev–Trinajstić information content (AvgIpc) is 2.77. The molecule has 1 aromatic carbocycles. The van der Waals surface area contributed by atoms with Crippen LogP contribution in [0.5, 0.6) is 0 Å². The standard InChI is InChI=1S/C12H8F4N2/c13-9-4-1-8(2-5-9)3-6-10-7-11(18-17-10)12(14,15)16/h1-7H,(H,17,18)/b6-3+. The zero-order valence-corrected chi connectivity index (χ0v) is 9.00. The summed E-state index contributed by atoms with van der Waals surface area (Å²) in [4.78, 5) is 0. The lowest BCUT2D eigenvalue weighted by Crippen LogP contribution is -2.04. The van der Waals surface area contributed by atoms with Gasteiger partial charge in [0, 0.05) is 0 Å². The maximum atomic E-state index is 12.6. The molecule has 2 aromatic rings. The number of alkyl halides is 3. The first-order chi connectivity index (χ1) is 8.45. The molecule has 0 aliphatic heterocycles. The third-order valence-corrected chi connectivity index (χ3v) is 2.22. The van der Waals surface area contributed by atoms with E-state index in [4.69, 9.17) is 0 Å². The Bertz CT molecular complexity index is 552. The van der Waals surface area contributed by atoms with Gasteiger partial charge in [-0.2, -0.15) is 18.3 Å². The van der Waals surface area contributed by atoms with Crippen LogP contribution in [0.2, 0.25) is 0 Å². The first-order valence-corrected chi connectivity index (χ1v) is 5.01. The number of halogens is 4. The van der Waals surface area contributed by atoms with E-state index in [1.54, 1.807) is 6.08 Å². The summed E-state index contributed by atoms with van der Waals surface area (Å²) >= 11 is 0. The van der Waals surface area contributed by atoms with Crippen LogP contribution in [0.15, 0.2) is 30.3 Å². The van der Waals surface area contributed by atoms with Crippen LogP contribution in [0.25, 0.3) is 12.2 Å². The van der Waals surface area contributed by atoms with E-state index in [0.29, 0.717) is 5.56 Å². The van der Waals surface area contributed by atoms with Gasteiger partial charge in [-0.1, -0.05) is 18.2 Å². The minimum atomic E-state index is -4.44. The second-order valence-corrected chi connectivity index (χ2v) is 3.59. The second-order valence-electron chi connectivity index (χ2n) is 3.59. The summed E-state index contributed by atoms with van der Waals surface area (Å²) < 4.78 is 49.4. The van der Waals surface area contributed by atoms with E-state index in [1.165, 1.54) is 30.3 Å². The van der Waals surface area contributed by atoms with Crippen LogP contribution >= 0.6 is 0 Å². The van der Waals surface area contributed by atoms with E-state index in [2.05, 4.69) is 5.10 Å². The number of hydrogen-bond acceptors (Lipinski definition) is 1. The van der Waals surface area contributed by atoms with Crippen molar-refractivity contribution in [2.45, 2.75) is 6.18 Å². The zero-order chi connectivity index (χ0) is 13.2. The molecule has 2 rings (SSSR count). The van der Waals surface area contributed by atoms with Crippen molar-refractivity contribution in [3.63, 3.8) is 0 Å². The fraction of sp³-hybridized carbons (Fsp3) is 0.0833. The molecule has 0 aliphatic rings. The van der Waals surface area contributed by atoms with Gasteiger partial charge in [-0.25, -0.2) is 4.39 Å². The Morgan fingerprint density at radius 1 is 1.06 bits per heavy atom. The molecule has 18 heavy (non-hydrogen) atoms. The van der Waals surface area contributed by atoms with Crippen LogP contribution < -0.4 is 0 Å². The minimum Gasteiger partial charge on any atom is -0.273 e. The van der Waals surface area contributed by atoms with Gasteiger partial charge >= 0.3 is 6.18 Å². The second kappa shape index (κ2) is 4.64. The van der Waals surface area contributed by atoms with Crippen molar-refractivity contribution >= 4 is 12.2 Å². The maximum Gasteiger partial charge on any atom is 0.432 e. The molecule has 0 spiro atoms. The molecule has 1 heterocycles.